The van der Waals surface area contributed by atoms with Crippen LogP contribution in [0.15, 0.2) is 23.1 Å². The summed E-state index contributed by atoms with van der Waals surface area (Å²) in [5, 5.41) is 2.87. The van der Waals surface area contributed by atoms with E-state index in [0.717, 1.165) is 6.54 Å². The Morgan fingerprint density at radius 2 is 2.05 bits per heavy atom. The minimum absolute atomic E-state index is 0.0248. The molecule has 3 nitrogen and oxygen atoms in total. The third-order valence-corrected chi connectivity index (χ3v) is 3.02. The van der Waals surface area contributed by atoms with E-state index in [1.807, 2.05) is 14.1 Å². The summed E-state index contributed by atoms with van der Waals surface area (Å²) in [4.78, 5) is 14.2. The van der Waals surface area contributed by atoms with Gasteiger partial charge in [-0.15, -0.1) is 12.6 Å². The largest absolute Gasteiger partial charge is 0.351 e. The molecule has 1 rings (SSSR count). The average Bonchev–Trinajstić information content (AvgIpc) is 2.28. The van der Waals surface area contributed by atoms with Crippen LogP contribution < -0.4 is 5.32 Å². The number of nitrogens with zero attached hydrogens (tertiary/aromatic N) is 1. The molecule has 0 heterocycles. The van der Waals surface area contributed by atoms with Crippen LogP contribution in [0, 0.1) is 11.2 Å². The van der Waals surface area contributed by atoms with E-state index in [9.17, 15) is 9.18 Å². The Bertz CT molecular complexity index is 461. The first-order valence-corrected chi connectivity index (χ1v) is 6.57. The van der Waals surface area contributed by atoms with Gasteiger partial charge in [0, 0.05) is 23.5 Å². The van der Waals surface area contributed by atoms with Gasteiger partial charge in [0.25, 0.3) is 5.91 Å². The lowest BCUT2D eigenvalue weighted by Gasteiger charge is -2.28. The molecule has 5 heteroatoms. The van der Waals surface area contributed by atoms with Crippen molar-refractivity contribution in [1.82, 2.24) is 10.2 Å². The van der Waals surface area contributed by atoms with Crippen molar-refractivity contribution in [3.63, 3.8) is 0 Å². The zero-order chi connectivity index (χ0) is 14.6. The summed E-state index contributed by atoms with van der Waals surface area (Å²) in [7, 11) is 3.99. The molecule has 0 aromatic heterocycles. The van der Waals surface area contributed by atoms with Crippen LogP contribution in [0.1, 0.15) is 24.2 Å². The predicted octanol–water partition coefficient (Wildman–Crippen LogP) is 2.43. The highest BCUT2D eigenvalue weighted by atomic mass is 32.1. The highest BCUT2D eigenvalue weighted by Crippen LogP contribution is 2.16. The van der Waals surface area contributed by atoms with Gasteiger partial charge in [-0.25, -0.2) is 4.39 Å². The fraction of sp³-hybridized carbons (Fsp3) is 0.500. The van der Waals surface area contributed by atoms with Gasteiger partial charge in [0.1, 0.15) is 5.82 Å². The molecule has 1 aromatic carbocycles. The summed E-state index contributed by atoms with van der Waals surface area (Å²) in [6.07, 6.45) is 0. The van der Waals surface area contributed by atoms with Gasteiger partial charge in [0.15, 0.2) is 0 Å². The zero-order valence-electron chi connectivity index (χ0n) is 11.8. The highest BCUT2D eigenvalue weighted by molar-refractivity contribution is 7.80. The van der Waals surface area contributed by atoms with E-state index in [-0.39, 0.29) is 16.2 Å². The van der Waals surface area contributed by atoms with E-state index in [1.54, 1.807) is 0 Å². The smallest absolute Gasteiger partial charge is 0.251 e. The number of rotatable bonds is 5. The van der Waals surface area contributed by atoms with Crippen molar-refractivity contribution in [2.75, 3.05) is 27.2 Å². The molecular weight excluding hydrogens is 263 g/mol. The SMILES string of the molecule is CN(C)CC(C)(C)CNC(=O)c1ccc(F)c(S)c1. The van der Waals surface area contributed by atoms with Gasteiger partial charge in [-0.3, -0.25) is 4.79 Å². The van der Waals surface area contributed by atoms with Gasteiger partial charge in [0.05, 0.1) is 0 Å². The molecule has 19 heavy (non-hydrogen) atoms. The fourth-order valence-corrected chi connectivity index (χ4v) is 2.20. The fourth-order valence-electron chi connectivity index (χ4n) is 1.99. The predicted molar refractivity (Wildman–Crippen MR) is 78.3 cm³/mol. The normalized spacial score (nSPS) is 11.7. The number of hydrogen-bond donors (Lipinski definition) is 2. The van der Waals surface area contributed by atoms with Gasteiger partial charge < -0.3 is 10.2 Å². The number of benzene rings is 1. The Hall–Kier alpha value is -1.07. The molecule has 0 spiro atoms. The molecule has 0 atom stereocenters. The summed E-state index contributed by atoms with van der Waals surface area (Å²) < 4.78 is 13.1. The Labute approximate surface area is 119 Å². The number of thiol groups is 1. The summed E-state index contributed by atoms with van der Waals surface area (Å²) in [5.41, 5.74) is 0.398. The molecule has 0 aliphatic heterocycles. The molecule has 1 aromatic rings. The number of carbonyl (C=O) groups excluding carboxylic acids is 1. The van der Waals surface area contributed by atoms with Crippen LogP contribution in [0.5, 0.6) is 0 Å². The molecule has 0 radical (unpaired) electrons. The molecule has 0 fully saturated rings. The van der Waals surface area contributed by atoms with Crippen molar-refractivity contribution in [2.45, 2.75) is 18.7 Å². The van der Waals surface area contributed by atoms with Gasteiger partial charge in [-0.2, -0.15) is 0 Å². The van der Waals surface area contributed by atoms with Crippen molar-refractivity contribution >= 4 is 18.5 Å². The van der Waals surface area contributed by atoms with E-state index in [2.05, 4.69) is 36.7 Å². The Morgan fingerprint density at radius 3 is 2.58 bits per heavy atom. The topological polar surface area (TPSA) is 32.3 Å². The first-order valence-electron chi connectivity index (χ1n) is 6.13. The Balaban J connectivity index is 2.62. The van der Waals surface area contributed by atoms with E-state index >= 15 is 0 Å². The lowest BCUT2D eigenvalue weighted by Crippen LogP contribution is -2.39. The third-order valence-electron chi connectivity index (χ3n) is 2.68. The standard InChI is InChI=1S/C14H21FN2OS/c1-14(2,9-17(3)4)8-16-13(18)10-5-6-11(15)12(19)7-10/h5-7,19H,8-9H2,1-4H3,(H,16,18). The maximum absolute atomic E-state index is 13.1. The summed E-state index contributed by atoms with van der Waals surface area (Å²) in [6.45, 7) is 5.60. The van der Waals surface area contributed by atoms with Crippen LogP contribution >= 0.6 is 12.6 Å². The summed E-state index contributed by atoms with van der Waals surface area (Å²) in [5.74, 6) is -0.630. The number of amides is 1. The molecule has 1 N–H and O–H groups in total. The quantitative estimate of drug-likeness (QED) is 0.814. The first-order chi connectivity index (χ1) is 8.71. The van der Waals surface area contributed by atoms with Crippen LogP contribution in [0.3, 0.4) is 0 Å². The number of halogens is 1. The molecular formula is C14H21FN2OS. The molecule has 0 unspecified atom stereocenters. The lowest BCUT2D eigenvalue weighted by molar-refractivity contribution is 0.0929. The van der Waals surface area contributed by atoms with Gasteiger partial charge in [-0.1, -0.05) is 13.8 Å². The van der Waals surface area contributed by atoms with Crippen LogP contribution in [0.4, 0.5) is 4.39 Å². The van der Waals surface area contributed by atoms with Crippen molar-refractivity contribution in [1.29, 1.82) is 0 Å². The minimum Gasteiger partial charge on any atom is -0.351 e. The van der Waals surface area contributed by atoms with Crippen LogP contribution in [0.2, 0.25) is 0 Å². The van der Waals surface area contributed by atoms with Crippen LogP contribution in [-0.2, 0) is 0 Å². The number of nitrogens with one attached hydrogen (secondary N) is 1. The third kappa shape index (κ3) is 5.20. The summed E-state index contributed by atoms with van der Waals surface area (Å²) >= 11 is 3.97. The number of hydrogen-bond acceptors (Lipinski definition) is 3. The van der Waals surface area contributed by atoms with Crippen molar-refractivity contribution in [3.05, 3.63) is 29.6 Å². The molecule has 0 bridgehead atoms. The molecule has 106 valence electrons. The summed E-state index contributed by atoms with van der Waals surface area (Å²) in [6, 6.07) is 4.15. The first kappa shape index (κ1) is 16.0. The zero-order valence-corrected chi connectivity index (χ0v) is 12.7. The van der Waals surface area contributed by atoms with Gasteiger partial charge >= 0.3 is 0 Å². The maximum Gasteiger partial charge on any atom is 0.251 e. The van der Waals surface area contributed by atoms with Gasteiger partial charge in [-0.05, 0) is 37.7 Å². The lowest BCUT2D eigenvalue weighted by atomic mass is 9.93. The average molecular weight is 284 g/mol. The van der Waals surface area contributed by atoms with E-state index in [0.29, 0.717) is 12.1 Å². The van der Waals surface area contributed by atoms with E-state index in [1.165, 1.54) is 18.2 Å². The second-order valence-corrected chi connectivity index (χ2v) is 6.23. The molecule has 0 saturated heterocycles. The number of carbonyl (C=O) groups is 1. The second-order valence-electron chi connectivity index (χ2n) is 5.75. The monoisotopic (exact) mass is 284 g/mol. The van der Waals surface area contributed by atoms with Gasteiger partial charge in [0.2, 0.25) is 0 Å². The minimum atomic E-state index is -0.423. The van der Waals surface area contributed by atoms with E-state index < -0.39 is 5.82 Å². The second kappa shape index (κ2) is 6.39. The molecule has 0 aliphatic rings. The Morgan fingerprint density at radius 1 is 1.42 bits per heavy atom. The Kier molecular flexibility index (Phi) is 5.38. The maximum atomic E-state index is 13.1. The van der Waals surface area contributed by atoms with Crippen LogP contribution in [0.25, 0.3) is 0 Å². The van der Waals surface area contributed by atoms with Crippen LogP contribution in [-0.4, -0.2) is 38.0 Å². The van der Waals surface area contributed by atoms with E-state index in [4.69, 9.17) is 0 Å². The highest BCUT2D eigenvalue weighted by Gasteiger charge is 2.20. The van der Waals surface area contributed by atoms with Crippen molar-refractivity contribution in [2.24, 2.45) is 5.41 Å². The molecule has 0 saturated carbocycles. The van der Waals surface area contributed by atoms with Crippen molar-refractivity contribution < 1.29 is 9.18 Å². The molecule has 1 amide bonds. The van der Waals surface area contributed by atoms with Crippen molar-refractivity contribution in [3.8, 4) is 0 Å². The molecule has 0 aliphatic carbocycles.